The maximum Gasteiger partial charge on any atom is 0.264 e. The summed E-state index contributed by atoms with van der Waals surface area (Å²) >= 11 is 0. The van der Waals surface area contributed by atoms with E-state index in [1.165, 1.54) is 6.20 Å². The third-order valence-electron chi connectivity index (χ3n) is 6.96. The Bertz CT molecular complexity index is 1720. The van der Waals surface area contributed by atoms with Crippen LogP contribution in [0, 0.1) is 23.2 Å². The maximum atomic E-state index is 14.1. The van der Waals surface area contributed by atoms with Crippen LogP contribution in [0.15, 0.2) is 65.6 Å². The van der Waals surface area contributed by atoms with Crippen molar-refractivity contribution in [2.24, 2.45) is 0 Å². The fourth-order valence-corrected chi connectivity index (χ4v) is 4.97. The van der Waals surface area contributed by atoms with Crippen molar-refractivity contribution in [1.29, 1.82) is 5.26 Å². The Hall–Kier alpha value is -5.15. The van der Waals surface area contributed by atoms with Crippen LogP contribution in [0.5, 0.6) is 0 Å². The summed E-state index contributed by atoms with van der Waals surface area (Å²) in [6.45, 7) is 3.54. The second-order valence-corrected chi connectivity index (χ2v) is 9.67. The van der Waals surface area contributed by atoms with Crippen molar-refractivity contribution < 1.29 is 4.79 Å². The number of benzene rings is 2. The smallest absolute Gasteiger partial charge is 0.264 e. The number of nitrogens with zero attached hydrogens (tertiary/aromatic N) is 5. The minimum atomic E-state index is -0.426. The highest BCUT2D eigenvalue weighted by atomic mass is 16.2. The van der Waals surface area contributed by atoms with Crippen molar-refractivity contribution in [1.82, 2.24) is 19.4 Å². The summed E-state index contributed by atoms with van der Waals surface area (Å²) < 4.78 is 1.65. The molecule has 1 aliphatic heterocycles. The molecule has 0 saturated carbocycles. The molecule has 3 N–H and O–H groups in total. The number of nitrogens with two attached hydrogens (primary N) is 1. The number of likely N-dealkylation sites (tertiary alicyclic amines) is 1. The molecule has 9 nitrogen and oxygen atoms in total. The molecular weight excluding hydrogens is 502 g/mol. The first-order chi connectivity index (χ1) is 19.5. The summed E-state index contributed by atoms with van der Waals surface area (Å²) in [4.78, 5) is 36.5. The normalized spacial score (nSPS) is 13.3. The highest BCUT2D eigenvalue weighted by Gasteiger charge is 2.20. The van der Waals surface area contributed by atoms with Crippen LogP contribution in [-0.4, -0.2) is 38.4 Å². The topological polar surface area (TPSA) is 130 Å². The van der Waals surface area contributed by atoms with Gasteiger partial charge < -0.3 is 16.0 Å². The van der Waals surface area contributed by atoms with Crippen LogP contribution in [0.4, 0.5) is 11.8 Å². The van der Waals surface area contributed by atoms with Crippen molar-refractivity contribution in [2.75, 3.05) is 24.1 Å². The van der Waals surface area contributed by atoms with Gasteiger partial charge in [-0.2, -0.15) is 10.2 Å². The standard InChI is InChI=1S/C31H29N7O2/c1-21(35-29-24(19-32)20-34-31(33)36-29)26-18-23-12-9-11-22(10-5-6-15-27(39)37-16-7-8-17-37)28(23)30(40)38(26)25-13-3-2-4-14-25/h2-4,9,11-14,18,20-21H,6-8,15-17H2,1H3,(H3,33,34,35,36)/t21-/m0/s1. The lowest BCUT2D eigenvalue weighted by Crippen LogP contribution is -2.27. The fraction of sp³-hybridized carbons (Fsp3) is 0.258. The number of hydrogen-bond acceptors (Lipinski definition) is 7. The van der Waals surface area contributed by atoms with E-state index < -0.39 is 6.04 Å². The van der Waals surface area contributed by atoms with Gasteiger partial charge in [0.1, 0.15) is 17.5 Å². The SMILES string of the molecule is C[C@H](Nc1nc(N)ncc1C#N)c1cc2cccc(C#CCCC(=O)N3CCCC3)c2c(=O)n1-c1ccccc1. The molecule has 2 aromatic heterocycles. The zero-order valence-electron chi connectivity index (χ0n) is 22.2. The van der Waals surface area contributed by atoms with E-state index in [1.807, 2.05) is 66.4 Å². The predicted molar refractivity (Wildman–Crippen MR) is 155 cm³/mol. The molecule has 2 aromatic carbocycles. The number of hydrogen-bond donors (Lipinski definition) is 2. The van der Waals surface area contributed by atoms with Gasteiger partial charge in [0.05, 0.1) is 17.6 Å². The van der Waals surface area contributed by atoms with Gasteiger partial charge in [-0.05, 0) is 49.4 Å². The molecule has 0 spiro atoms. The van der Waals surface area contributed by atoms with Gasteiger partial charge in [0.15, 0.2) is 0 Å². The van der Waals surface area contributed by atoms with Gasteiger partial charge in [0, 0.05) is 42.9 Å². The molecule has 1 amide bonds. The third-order valence-corrected chi connectivity index (χ3v) is 6.96. The van der Waals surface area contributed by atoms with Crippen LogP contribution in [-0.2, 0) is 4.79 Å². The Kier molecular flexibility index (Phi) is 7.75. The largest absolute Gasteiger partial charge is 0.368 e. The number of nitrogens with one attached hydrogen (secondary N) is 1. The Morgan fingerprint density at radius 2 is 1.90 bits per heavy atom. The monoisotopic (exact) mass is 531 g/mol. The lowest BCUT2D eigenvalue weighted by molar-refractivity contribution is -0.129. The van der Waals surface area contributed by atoms with E-state index in [4.69, 9.17) is 5.73 Å². The number of amides is 1. The van der Waals surface area contributed by atoms with Gasteiger partial charge in [0.2, 0.25) is 11.9 Å². The molecule has 40 heavy (non-hydrogen) atoms. The molecule has 3 heterocycles. The van der Waals surface area contributed by atoms with Gasteiger partial charge in [-0.3, -0.25) is 14.2 Å². The van der Waals surface area contributed by atoms with E-state index in [2.05, 4.69) is 33.2 Å². The van der Waals surface area contributed by atoms with E-state index in [0.29, 0.717) is 35.2 Å². The van der Waals surface area contributed by atoms with Gasteiger partial charge in [0.25, 0.3) is 5.56 Å². The minimum Gasteiger partial charge on any atom is -0.368 e. The van der Waals surface area contributed by atoms with Crippen LogP contribution in [0.1, 0.15) is 55.5 Å². The summed E-state index contributed by atoms with van der Waals surface area (Å²) in [5.74, 6) is 6.72. The number of fused-ring (bicyclic) bond motifs is 1. The molecule has 0 unspecified atom stereocenters. The van der Waals surface area contributed by atoms with Crippen molar-refractivity contribution in [3.63, 3.8) is 0 Å². The summed E-state index contributed by atoms with van der Waals surface area (Å²) in [5, 5.41) is 14.0. The van der Waals surface area contributed by atoms with E-state index in [0.717, 1.165) is 31.3 Å². The van der Waals surface area contributed by atoms with E-state index in [1.54, 1.807) is 4.57 Å². The summed E-state index contributed by atoms with van der Waals surface area (Å²) in [6, 6.07) is 18.5. The molecular formula is C31H29N7O2. The molecule has 0 radical (unpaired) electrons. The Labute approximate surface area is 232 Å². The highest BCUT2D eigenvalue weighted by Crippen LogP contribution is 2.26. The van der Waals surface area contributed by atoms with Crippen molar-refractivity contribution in [3.8, 4) is 23.6 Å². The maximum absolute atomic E-state index is 14.1. The van der Waals surface area contributed by atoms with Crippen molar-refractivity contribution in [2.45, 2.75) is 38.6 Å². The molecule has 4 aromatic rings. The van der Waals surface area contributed by atoms with Crippen molar-refractivity contribution >= 4 is 28.4 Å². The van der Waals surface area contributed by atoms with E-state index in [-0.39, 0.29) is 28.8 Å². The predicted octanol–water partition coefficient (Wildman–Crippen LogP) is 4.16. The summed E-state index contributed by atoms with van der Waals surface area (Å²) in [5.41, 5.74) is 7.78. The number of anilines is 2. The number of para-hydroxylation sites is 1. The highest BCUT2D eigenvalue weighted by molar-refractivity contribution is 5.88. The first kappa shape index (κ1) is 26.5. The van der Waals surface area contributed by atoms with Crippen LogP contribution in [0.25, 0.3) is 16.5 Å². The lowest BCUT2D eigenvalue weighted by atomic mass is 10.0. The van der Waals surface area contributed by atoms with Crippen LogP contribution in [0.3, 0.4) is 0 Å². The molecule has 5 rings (SSSR count). The number of pyridine rings is 1. The van der Waals surface area contributed by atoms with Gasteiger partial charge in [-0.15, -0.1) is 0 Å². The summed E-state index contributed by atoms with van der Waals surface area (Å²) in [6.07, 6.45) is 4.29. The zero-order chi connectivity index (χ0) is 28.1. The van der Waals surface area contributed by atoms with Crippen LogP contribution in [0.2, 0.25) is 0 Å². The Balaban J connectivity index is 1.54. The number of nitrogen functional groups attached to an aromatic ring is 1. The van der Waals surface area contributed by atoms with Crippen LogP contribution >= 0.6 is 0 Å². The number of aromatic nitrogens is 3. The lowest BCUT2D eigenvalue weighted by Gasteiger charge is -2.22. The molecule has 1 atom stereocenters. The minimum absolute atomic E-state index is 0.0398. The third kappa shape index (κ3) is 5.50. The Morgan fingerprint density at radius 1 is 1.12 bits per heavy atom. The molecule has 1 saturated heterocycles. The molecule has 0 bridgehead atoms. The molecule has 0 aliphatic carbocycles. The second-order valence-electron chi connectivity index (χ2n) is 9.67. The number of carbonyl (C=O) groups is 1. The quantitative estimate of drug-likeness (QED) is 0.357. The average molecular weight is 532 g/mol. The Morgan fingerprint density at radius 3 is 2.65 bits per heavy atom. The second kappa shape index (κ2) is 11.7. The number of nitriles is 1. The molecule has 200 valence electrons. The van der Waals surface area contributed by atoms with Gasteiger partial charge in [-0.1, -0.05) is 42.2 Å². The van der Waals surface area contributed by atoms with Gasteiger partial charge >= 0.3 is 0 Å². The number of rotatable bonds is 6. The molecule has 1 fully saturated rings. The molecule has 1 aliphatic rings. The first-order valence-electron chi connectivity index (χ1n) is 13.3. The average Bonchev–Trinajstić information content (AvgIpc) is 3.51. The van der Waals surface area contributed by atoms with E-state index in [9.17, 15) is 14.9 Å². The van der Waals surface area contributed by atoms with Crippen molar-refractivity contribution in [3.05, 3.63) is 88.0 Å². The van der Waals surface area contributed by atoms with E-state index >= 15 is 0 Å². The fourth-order valence-electron chi connectivity index (χ4n) is 4.97. The van der Waals surface area contributed by atoms with Crippen LogP contribution < -0.4 is 16.6 Å². The first-order valence-corrected chi connectivity index (χ1v) is 13.3. The summed E-state index contributed by atoms with van der Waals surface area (Å²) in [7, 11) is 0. The van der Waals surface area contributed by atoms with Gasteiger partial charge in [-0.25, -0.2) is 4.98 Å². The molecule has 9 heteroatoms. The zero-order valence-corrected chi connectivity index (χ0v) is 22.2. The number of carbonyl (C=O) groups excluding carboxylic acids is 1.